The second kappa shape index (κ2) is 7.97. The molecule has 1 saturated carbocycles. The van der Waals surface area contributed by atoms with Gasteiger partial charge in [-0.2, -0.15) is 0 Å². The molecule has 5 atom stereocenters. The molecule has 2 fully saturated rings. The molecule has 1 saturated heterocycles. The van der Waals surface area contributed by atoms with Crippen LogP contribution in [0.15, 0.2) is 0 Å². The lowest BCUT2D eigenvalue weighted by molar-refractivity contribution is 0.0707. The van der Waals surface area contributed by atoms with Crippen LogP contribution >= 0.6 is 0 Å². The number of nitrogens with zero attached hydrogens (tertiary/aromatic N) is 1. The van der Waals surface area contributed by atoms with Crippen molar-refractivity contribution in [1.82, 2.24) is 10.2 Å². The Morgan fingerprint density at radius 3 is 2.48 bits per heavy atom. The normalized spacial score (nSPS) is 38.9. The Balaban J connectivity index is 1.95. The van der Waals surface area contributed by atoms with Gasteiger partial charge in [-0.05, 0) is 75.8 Å². The Labute approximate surface area is 133 Å². The standard InChI is InChI=1S/C19H38N2/c1-6-20-19-8-7-17(14(2)3)12-18(19)13-21-10-9-15(4)11-16(21)5/h14-20H,6-13H2,1-5H3. The van der Waals surface area contributed by atoms with E-state index in [0.717, 1.165) is 42.3 Å². The van der Waals surface area contributed by atoms with Crippen LogP contribution in [-0.4, -0.2) is 36.6 Å². The highest BCUT2D eigenvalue weighted by Crippen LogP contribution is 2.35. The predicted octanol–water partition coefficient (Wildman–Crippen LogP) is 4.16. The molecule has 1 aliphatic carbocycles. The number of hydrogen-bond acceptors (Lipinski definition) is 2. The van der Waals surface area contributed by atoms with E-state index in [1.165, 1.54) is 45.2 Å². The van der Waals surface area contributed by atoms with Gasteiger partial charge in [0.1, 0.15) is 0 Å². The highest BCUT2D eigenvalue weighted by Gasteiger charge is 2.34. The lowest BCUT2D eigenvalue weighted by Crippen LogP contribution is -2.50. The van der Waals surface area contributed by atoms with E-state index in [4.69, 9.17) is 0 Å². The molecule has 124 valence electrons. The van der Waals surface area contributed by atoms with E-state index in [0.29, 0.717) is 0 Å². The van der Waals surface area contributed by atoms with Gasteiger partial charge in [-0.1, -0.05) is 27.7 Å². The fourth-order valence-corrected chi connectivity index (χ4v) is 4.67. The number of hydrogen-bond donors (Lipinski definition) is 1. The Morgan fingerprint density at radius 2 is 1.86 bits per heavy atom. The number of likely N-dealkylation sites (tertiary alicyclic amines) is 1. The van der Waals surface area contributed by atoms with Crippen molar-refractivity contribution in [3.05, 3.63) is 0 Å². The van der Waals surface area contributed by atoms with Crippen LogP contribution in [0.1, 0.15) is 66.7 Å². The van der Waals surface area contributed by atoms with Gasteiger partial charge in [0.05, 0.1) is 0 Å². The summed E-state index contributed by atoms with van der Waals surface area (Å²) in [6, 6.07) is 1.55. The largest absolute Gasteiger partial charge is 0.314 e. The second-order valence-electron chi connectivity index (χ2n) is 8.21. The molecule has 0 aromatic rings. The maximum Gasteiger partial charge on any atom is 0.0108 e. The van der Waals surface area contributed by atoms with Gasteiger partial charge in [0.2, 0.25) is 0 Å². The third-order valence-corrected chi connectivity index (χ3v) is 6.18. The number of piperidine rings is 1. The monoisotopic (exact) mass is 294 g/mol. The topological polar surface area (TPSA) is 15.3 Å². The minimum absolute atomic E-state index is 0.761. The highest BCUT2D eigenvalue weighted by molar-refractivity contribution is 4.89. The van der Waals surface area contributed by atoms with Crippen molar-refractivity contribution in [1.29, 1.82) is 0 Å². The Kier molecular flexibility index (Phi) is 6.55. The minimum Gasteiger partial charge on any atom is -0.314 e. The SMILES string of the molecule is CCNC1CCC(C(C)C)CC1CN1CCC(C)CC1C. The van der Waals surface area contributed by atoms with Crippen LogP contribution in [0.3, 0.4) is 0 Å². The molecular weight excluding hydrogens is 256 g/mol. The summed E-state index contributed by atoms with van der Waals surface area (Å²) in [6.07, 6.45) is 7.05. The summed E-state index contributed by atoms with van der Waals surface area (Å²) in [5, 5.41) is 3.78. The van der Waals surface area contributed by atoms with Gasteiger partial charge in [0.15, 0.2) is 0 Å². The van der Waals surface area contributed by atoms with Crippen molar-refractivity contribution in [3.63, 3.8) is 0 Å². The van der Waals surface area contributed by atoms with E-state index >= 15 is 0 Å². The first-order valence-electron chi connectivity index (χ1n) is 9.48. The zero-order chi connectivity index (χ0) is 15.4. The van der Waals surface area contributed by atoms with Gasteiger partial charge in [-0.3, -0.25) is 0 Å². The zero-order valence-corrected chi connectivity index (χ0v) is 15.1. The van der Waals surface area contributed by atoms with Crippen LogP contribution in [0.5, 0.6) is 0 Å². The lowest BCUT2D eigenvalue weighted by atomic mass is 9.73. The first-order chi connectivity index (χ1) is 10.0. The average Bonchev–Trinajstić information content (AvgIpc) is 2.43. The molecule has 0 aromatic carbocycles. The van der Waals surface area contributed by atoms with Crippen molar-refractivity contribution < 1.29 is 0 Å². The molecule has 1 aliphatic heterocycles. The second-order valence-corrected chi connectivity index (χ2v) is 8.21. The van der Waals surface area contributed by atoms with E-state index in [9.17, 15) is 0 Å². The fraction of sp³-hybridized carbons (Fsp3) is 1.00. The lowest BCUT2D eigenvalue weighted by Gasteiger charge is -2.44. The van der Waals surface area contributed by atoms with E-state index in [-0.39, 0.29) is 0 Å². The third kappa shape index (κ3) is 4.69. The van der Waals surface area contributed by atoms with Gasteiger partial charge in [0, 0.05) is 18.6 Å². The van der Waals surface area contributed by atoms with E-state index in [2.05, 4.69) is 44.8 Å². The Bertz CT molecular complexity index is 302. The van der Waals surface area contributed by atoms with Crippen LogP contribution in [0.4, 0.5) is 0 Å². The van der Waals surface area contributed by atoms with E-state index in [1.54, 1.807) is 0 Å². The summed E-state index contributed by atoms with van der Waals surface area (Å²) in [6.45, 7) is 15.7. The Hall–Kier alpha value is -0.0800. The van der Waals surface area contributed by atoms with Crippen LogP contribution in [0.2, 0.25) is 0 Å². The molecule has 2 rings (SSSR count). The summed E-state index contributed by atoms with van der Waals surface area (Å²) in [5.41, 5.74) is 0. The molecule has 1 N–H and O–H groups in total. The smallest absolute Gasteiger partial charge is 0.0108 e. The first kappa shape index (κ1) is 17.3. The van der Waals surface area contributed by atoms with Crippen LogP contribution in [0.25, 0.3) is 0 Å². The quantitative estimate of drug-likeness (QED) is 0.819. The molecule has 0 amide bonds. The highest BCUT2D eigenvalue weighted by atomic mass is 15.2. The van der Waals surface area contributed by atoms with Crippen molar-refractivity contribution in [2.45, 2.75) is 78.8 Å². The minimum atomic E-state index is 0.761. The number of rotatable bonds is 5. The maximum atomic E-state index is 3.78. The van der Waals surface area contributed by atoms with Gasteiger partial charge < -0.3 is 10.2 Å². The van der Waals surface area contributed by atoms with Gasteiger partial charge >= 0.3 is 0 Å². The fourth-order valence-electron chi connectivity index (χ4n) is 4.67. The third-order valence-electron chi connectivity index (χ3n) is 6.18. The molecule has 2 aliphatic rings. The molecule has 0 aromatic heterocycles. The maximum absolute atomic E-state index is 3.78. The first-order valence-corrected chi connectivity index (χ1v) is 9.48. The average molecular weight is 295 g/mol. The zero-order valence-electron chi connectivity index (χ0n) is 15.1. The van der Waals surface area contributed by atoms with Crippen molar-refractivity contribution in [2.24, 2.45) is 23.7 Å². The van der Waals surface area contributed by atoms with Crippen LogP contribution in [0, 0.1) is 23.7 Å². The van der Waals surface area contributed by atoms with Gasteiger partial charge in [-0.15, -0.1) is 0 Å². The molecule has 21 heavy (non-hydrogen) atoms. The van der Waals surface area contributed by atoms with Gasteiger partial charge in [0.25, 0.3) is 0 Å². The van der Waals surface area contributed by atoms with Crippen molar-refractivity contribution in [2.75, 3.05) is 19.6 Å². The molecular formula is C19H38N2. The van der Waals surface area contributed by atoms with E-state index < -0.39 is 0 Å². The number of nitrogens with one attached hydrogen (secondary N) is 1. The van der Waals surface area contributed by atoms with Crippen molar-refractivity contribution >= 4 is 0 Å². The summed E-state index contributed by atoms with van der Waals surface area (Å²) in [5.74, 6) is 3.59. The molecule has 5 unspecified atom stereocenters. The Morgan fingerprint density at radius 1 is 1.10 bits per heavy atom. The summed E-state index contributed by atoms with van der Waals surface area (Å²) in [7, 11) is 0. The molecule has 0 radical (unpaired) electrons. The molecule has 0 spiro atoms. The van der Waals surface area contributed by atoms with E-state index in [1.807, 2.05) is 0 Å². The summed E-state index contributed by atoms with van der Waals surface area (Å²) in [4.78, 5) is 2.79. The molecule has 1 heterocycles. The van der Waals surface area contributed by atoms with Gasteiger partial charge in [-0.25, -0.2) is 0 Å². The predicted molar refractivity (Wildman–Crippen MR) is 92.6 cm³/mol. The molecule has 0 bridgehead atoms. The van der Waals surface area contributed by atoms with Crippen molar-refractivity contribution in [3.8, 4) is 0 Å². The summed E-state index contributed by atoms with van der Waals surface area (Å²) >= 11 is 0. The molecule has 2 heteroatoms. The molecule has 2 nitrogen and oxygen atoms in total. The van der Waals surface area contributed by atoms with Crippen LogP contribution in [-0.2, 0) is 0 Å². The summed E-state index contributed by atoms with van der Waals surface area (Å²) < 4.78 is 0. The van der Waals surface area contributed by atoms with Crippen LogP contribution < -0.4 is 5.32 Å².